The van der Waals surface area contributed by atoms with Crippen LogP contribution in [-0.2, 0) is 9.47 Å². The van der Waals surface area contributed by atoms with Crippen LogP contribution in [0.15, 0.2) is 48.5 Å². The molecule has 150 valence electrons. The summed E-state index contributed by atoms with van der Waals surface area (Å²) in [5.41, 5.74) is 0.448. The predicted molar refractivity (Wildman–Crippen MR) is 102 cm³/mol. The van der Waals surface area contributed by atoms with Gasteiger partial charge >= 0.3 is 11.9 Å². The Labute approximate surface area is 163 Å². The zero-order chi connectivity index (χ0) is 20.5. The van der Waals surface area contributed by atoms with E-state index in [2.05, 4.69) is 0 Å². The standard InChI is InChI=1S/C21H24O7/c1-14(12-27-18-10-6-4-8-16(18)20(22)23)26-13-15(2)28-19-11-7-5-9-17(19)21(24)25-3/h4-11,14-15H,12-13H2,1-3H3,(H,22,23). The van der Waals surface area contributed by atoms with Crippen molar-refractivity contribution in [3.8, 4) is 11.5 Å². The number of carboxylic acid groups (broad SMARTS) is 1. The zero-order valence-corrected chi connectivity index (χ0v) is 16.1. The maximum absolute atomic E-state index is 11.8. The van der Waals surface area contributed by atoms with E-state index in [9.17, 15) is 9.59 Å². The van der Waals surface area contributed by atoms with Gasteiger partial charge in [-0.15, -0.1) is 0 Å². The highest BCUT2D eigenvalue weighted by atomic mass is 16.6. The second kappa shape index (κ2) is 10.3. The first-order valence-electron chi connectivity index (χ1n) is 8.83. The lowest BCUT2D eigenvalue weighted by molar-refractivity contribution is -0.00658. The normalized spacial score (nSPS) is 12.7. The monoisotopic (exact) mass is 388 g/mol. The second-order valence-corrected chi connectivity index (χ2v) is 6.17. The lowest BCUT2D eigenvalue weighted by Crippen LogP contribution is -2.26. The van der Waals surface area contributed by atoms with Gasteiger partial charge in [-0.3, -0.25) is 0 Å². The van der Waals surface area contributed by atoms with Crippen LogP contribution >= 0.6 is 0 Å². The number of esters is 1. The van der Waals surface area contributed by atoms with Gasteiger partial charge in [-0.25, -0.2) is 9.59 Å². The van der Waals surface area contributed by atoms with E-state index in [1.54, 1.807) is 42.5 Å². The summed E-state index contributed by atoms with van der Waals surface area (Å²) < 4.78 is 21.8. The summed E-state index contributed by atoms with van der Waals surface area (Å²) in [5.74, 6) is -0.801. The molecule has 1 N–H and O–H groups in total. The third-order valence-electron chi connectivity index (χ3n) is 3.83. The molecule has 2 aromatic carbocycles. The second-order valence-electron chi connectivity index (χ2n) is 6.17. The Morgan fingerprint density at radius 2 is 1.50 bits per heavy atom. The van der Waals surface area contributed by atoms with Crippen LogP contribution < -0.4 is 9.47 Å². The Morgan fingerprint density at radius 1 is 0.893 bits per heavy atom. The highest BCUT2D eigenvalue weighted by molar-refractivity contribution is 5.92. The average molecular weight is 388 g/mol. The Kier molecular flexibility index (Phi) is 7.83. The van der Waals surface area contributed by atoms with E-state index in [1.165, 1.54) is 13.2 Å². The van der Waals surface area contributed by atoms with Crippen molar-refractivity contribution in [3.63, 3.8) is 0 Å². The quantitative estimate of drug-likeness (QED) is 0.624. The Bertz CT molecular complexity index is 803. The van der Waals surface area contributed by atoms with Crippen molar-refractivity contribution in [2.45, 2.75) is 26.1 Å². The van der Waals surface area contributed by atoms with Crippen LogP contribution in [0.1, 0.15) is 34.6 Å². The minimum Gasteiger partial charge on any atom is -0.490 e. The van der Waals surface area contributed by atoms with Crippen molar-refractivity contribution < 1.29 is 33.6 Å². The number of carboxylic acids is 1. The molecule has 0 aliphatic carbocycles. The third-order valence-corrected chi connectivity index (χ3v) is 3.83. The van der Waals surface area contributed by atoms with Crippen LogP contribution in [0.3, 0.4) is 0 Å². The van der Waals surface area contributed by atoms with Crippen molar-refractivity contribution in [1.29, 1.82) is 0 Å². The van der Waals surface area contributed by atoms with Gasteiger partial charge in [0.15, 0.2) is 0 Å². The van der Waals surface area contributed by atoms with Gasteiger partial charge in [-0.1, -0.05) is 24.3 Å². The fraction of sp³-hybridized carbons (Fsp3) is 0.333. The molecule has 0 aliphatic heterocycles. The summed E-state index contributed by atoms with van der Waals surface area (Å²) in [6.07, 6.45) is -0.608. The summed E-state index contributed by atoms with van der Waals surface area (Å²) in [4.78, 5) is 23.0. The smallest absolute Gasteiger partial charge is 0.341 e. The largest absolute Gasteiger partial charge is 0.490 e. The van der Waals surface area contributed by atoms with Crippen molar-refractivity contribution in [2.75, 3.05) is 20.3 Å². The number of methoxy groups -OCH3 is 1. The summed E-state index contributed by atoms with van der Waals surface area (Å²) in [5, 5.41) is 9.17. The van der Waals surface area contributed by atoms with Crippen molar-refractivity contribution in [3.05, 3.63) is 59.7 Å². The average Bonchev–Trinajstić information content (AvgIpc) is 2.70. The van der Waals surface area contributed by atoms with Crippen LogP contribution in [0.5, 0.6) is 11.5 Å². The molecule has 0 aromatic heterocycles. The summed E-state index contributed by atoms with van der Waals surface area (Å²) >= 11 is 0. The third kappa shape index (κ3) is 5.99. The molecule has 0 radical (unpaired) electrons. The van der Waals surface area contributed by atoms with Gasteiger partial charge in [0.25, 0.3) is 0 Å². The fourth-order valence-corrected chi connectivity index (χ4v) is 2.42. The number of rotatable bonds is 10. The van der Waals surface area contributed by atoms with Gasteiger partial charge in [0.05, 0.1) is 19.8 Å². The lowest BCUT2D eigenvalue weighted by Gasteiger charge is -2.20. The van der Waals surface area contributed by atoms with Gasteiger partial charge in [0.1, 0.15) is 35.3 Å². The van der Waals surface area contributed by atoms with Crippen molar-refractivity contribution >= 4 is 11.9 Å². The first-order valence-corrected chi connectivity index (χ1v) is 8.83. The molecule has 0 spiro atoms. The number of carbonyl (C=O) groups is 2. The molecular formula is C21H24O7. The number of para-hydroxylation sites is 2. The molecular weight excluding hydrogens is 364 g/mol. The number of benzene rings is 2. The highest BCUT2D eigenvalue weighted by Crippen LogP contribution is 2.21. The molecule has 7 heteroatoms. The number of ether oxygens (including phenoxy) is 4. The first-order chi connectivity index (χ1) is 13.4. The van der Waals surface area contributed by atoms with E-state index >= 15 is 0 Å². The summed E-state index contributed by atoms with van der Waals surface area (Å²) in [7, 11) is 1.32. The van der Waals surface area contributed by atoms with Gasteiger partial charge in [-0.2, -0.15) is 0 Å². The minimum absolute atomic E-state index is 0.103. The lowest BCUT2D eigenvalue weighted by atomic mass is 10.2. The first kappa shape index (κ1) is 21.2. The summed E-state index contributed by atoms with van der Waals surface area (Å²) in [6, 6.07) is 13.3. The molecule has 0 saturated carbocycles. The van der Waals surface area contributed by atoms with Gasteiger partial charge < -0.3 is 24.1 Å². The molecule has 28 heavy (non-hydrogen) atoms. The highest BCUT2D eigenvalue weighted by Gasteiger charge is 2.16. The SMILES string of the molecule is COC(=O)c1ccccc1OC(C)COC(C)COc1ccccc1C(=O)O. The molecule has 7 nitrogen and oxygen atoms in total. The molecule has 0 fully saturated rings. The van der Waals surface area contributed by atoms with Crippen LogP contribution in [0, 0.1) is 0 Å². The van der Waals surface area contributed by atoms with Crippen LogP contribution in [-0.4, -0.2) is 49.6 Å². The van der Waals surface area contributed by atoms with E-state index in [0.29, 0.717) is 17.1 Å². The molecule has 2 aromatic rings. The Hall–Kier alpha value is -3.06. The molecule has 2 rings (SSSR count). The summed E-state index contributed by atoms with van der Waals surface area (Å²) in [6.45, 7) is 4.09. The topological polar surface area (TPSA) is 91.3 Å². The predicted octanol–water partition coefficient (Wildman–Crippen LogP) is 3.42. The molecule has 0 heterocycles. The van der Waals surface area contributed by atoms with Crippen molar-refractivity contribution in [1.82, 2.24) is 0 Å². The van der Waals surface area contributed by atoms with Crippen LogP contribution in [0.2, 0.25) is 0 Å². The van der Waals surface area contributed by atoms with E-state index in [0.717, 1.165) is 0 Å². The van der Waals surface area contributed by atoms with E-state index in [1.807, 2.05) is 13.8 Å². The molecule has 0 aliphatic rings. The Morgan fingerprint density at radius 3 is 2.14 bits per heavy atom. The minimum atomic E-state index is -1.05. The maximum Gasteiger partial charge on any atom is 0.341 e. The molecule has 0 bridgehead atoms. The molecule has 0 amide bonds. The number of hydrogen-bond acceptors (Lipinski definition) is 6. The number of aromatic carboxylic acids is 1. The van der Waals surface area contributed by atoms with Crippen LogP contribution in [0.4, 0.5) is 0 Å². The molecule has 2 unspecified atom stereocenters. The van der Waals surface area contributed by atoms with Gasteiger partial charge in [0.2, 0.25) is 0 Å². The van der Waals surface area contributed by atoms with E-state index in [-0.39, 0.29) is 31.0 Å². The number of hydrogen-bond donors (Lipinski definition) is 1. The van der Waals surface area contributed by atoms with Gasteiger partial charge in [-0.05, 0) is 38.1 Å². The zero-order valence-electron chi connectivity index (χ0n) is 16.1. The number of carbonyl (C=O) groups excluding carboxylic acids is 1. The Balaban J connectivity index is 1.84. The van der Waals surface area contributed by atoms with E-state index < -0.39 is 11.9 Å². The van der Waals surface area contributed by atoms with E-state index in [4.69, 9.17) is 24.1 Å². The molecule has 2 atom stereocenters. The molecule has 0 saturated heterocycles. The van der Waals surface area contributed by atoms with Crippen molar-refractivity contribution in [2.24, 2.45) is 0 Å². The van der Waals surface area contributed by atoms with Crippen LogP contribution in [0.25, 0.3) is 0 Å². The fourth-order valence-electron chi connectivity index (χ4n) is 2.42. The maximum atomic E-state index is 11.8. The van der Waals surface area contributed by atoms with Gasteiger partial charge in [0, 0.05) is 0 Å².